The van der Waals surface area contributed by atoms with Gasteiger partial charge in [0.15, 0.2) is 5.78 Å². The number of amides is 9. The molecule has 0 fully saturated rings. The van der Waals surface area contributed by atoms with Gasteiger partial charge < -0.3 is 106 Å². The number of ether oxygens (including phenoxy) is 10. The van der Waals surface area contributed by atoms with E-state index in [2.05, 4.69) is 72.1 Å². The van der Waals surface area contributed by atoms with Gasteiger partial charge in [0.1, 0.15) is 31.1 Å². The normalized spacial score (nSPS) is 14.6. The molecule has 6 rings (SSSR count). The number of anilines is 2. The number of benzene rings is 3. The van der Waals surface area contributed by atoms with Crippen LogP contribution in [0.25, 0.3) is 22.5 Å². The van der Waals surface area contributed by atoms with E-state index in [1.807, 2.05) is 60.1 Å². The van der Waals surface area contributed by atoms with Crippen molar-refractivity contribution in [3.8, 4) is 22.5 Å². The predicted molar refractivity (Wildman–Crippen MR) is 454 cm³/mol. The average Bonchev–Trinajstić information content (AvgIpc) is 1.65. The van der Waals surface area contributed by atoms with E-state index in [0.29, 0.717) is 139 Å². The summed E-state index contributed by atoms with van der Waals surface area (Å²) >= 11 is 0. The fourth-order valence-corrected chi connectivity index (χ4v) is 13.2. The third-order valence-electron chi connectivity index (χ3n) is 19.7. The number of fused-ring (bicyclic) bond motifs is 5. The van der Waals surface area contributed by atoms with Gasteiger partial charge in [0.2, 0.25) is 41.4 Å². The van der Waals surface area contributed by atoms with Gasteiger partial charge in [-0.3, -0.25) is 49.0 Å². The van der Waals surface area contributed by atoms with E-state index in [0.717, 1.165) is 53.8 Å². The van der Waals surface area contributed by atoms with Crippen molar-refractivity contribution in [2.24, 2.45) is 29.3 Å². The van der Waals surface area contributed by atoms with Crippen LogP contribution in [-0.4, -0.2) is 237 Å². The number of esters is 1. The van der Waals surface area contributed by atoms with Gasteiger partial charge in [-0.1, -0.05) is 107 Å². The molecular formula is C86H133N15O20. The van der Waals surface area contributed by atoms with Gasteiger partial charge >= 0.3 is 12.0 Å². The van der Waals surface area contributed by atoms with Crippen LogP contribution in [0.2, 0.25) is 0 Å². The number of nitrogens with one attached hydrogen (secondary N) is 9. The van der Waals surface area contributed by atoms with Crippen molar-refractivity contribution < 1.29 is 95.3 Å². The molecule has 3 aromatic carbocycles. The summed E-state index contributed by atoms with van der Waals surface area (Å²) < 4.78 is 58.6. The summed E-state index contributed by atoms with van der Waals surface area (Å²) in [5.74, 6) is 1.17. The van der Waals surface area contributed by atoms with Gasteiger partial charge in [0.05, 0.1) is 141 Å². The molecule has 0 saturated carbocycles. The molecule has 1 aromatic heterocycles. The molecule has 9 amide bonds. The highest BCUT2D eigenvalue weighted by Crippen LogP contribution is 2.42. The number of urea groups is 1. The number of hydrogen-bond acceptors (Lipinski definition) is 25. The van der Waals surface area contributed by atoms with E-state index in [1.54, 1.807) is 56.9 Å². The number of aromatic nitrogens is 3. The zero-order valence-electron chi connectivity index (χ0n) is 71.9. The second kappa shape index (κ2) is 58.4. The first-order valence-corrected chi connectivity index (χ1v) is 42.7. The number of carbonyl (C=O) groups is 10. The van der Waals surface area contributed by atoms with E-state index in [1.165, 1.54) is 0 Å². The van der Waals surface area contributed by atoms with E-state index in [4.69, 9.17) is 58.9 Å². The summed E-state index contributed by atoms with van der Waals surface area (Å²) in [7, 11) is 0. The number of Topliss-reactive ketones (excluding diaryl/α,β-unsaturated/α-hetero) is 1. The average molecular weight is 1700 g/mol. The molecule has 121 heavy (non-hydrogen) atoms. The van der Waals surface area contributed by atoms with Gasteiger partial charge in [-0.2, -0.15) is 0 Å². The molecular weight excluding hydrogens is 1560 g/mol. The summed E-state index contributed by atoms with van der Waals surface area (Å²) in [6, 6.07) is 19.4. The van der Waals surface area contributed by atoms with Crippen LogP contribution in [-0.2, 0) is 104 Å². The van der Waals surface area contributed by atoms with Crippen LogP contribution in [0.4, 0.5) is 16.2 Å². The van der Waals surface area contributed by atoms with Crippen molar-refractivity contribution >= 4 is 70.5 Å². The quantitative estimate of drug-likeness (QED) is 0.0100. The highest BCUT2D eigenvalue weighted by Gasteiger charge is 2.34. The summed E-state index contributed by atoms with van der Waals surface area (Å²) in [5, 5.41) is 32.2. The standard InChI is InChI=1S/C86H133N15O20/c1-8-35-90-75(104)33-40-112-44-48-116-52-54-118-50-46-114-42-38-89-69-23-10-9-11-26-73(81(69)97-88)120-59-77(106)91-36-17-16-24-70(84(109)96-79(60(2)3)72(102)56-64(20-18-37-93-86(87)111)83(108)94-66-29-27-63(28-30-66)58-121-85(110)61(4)5)95-76(105)34-41-113-45-49-117-53-55-119-51-47-115-43-39-92-74(103)31-32-78(107)100-57-65-19-12-13-21-67(65)82-80(98-99-101(82)62(6)7)68-22-14-15-25-71(68)100/h12-15,19,21-22,25,27-30,60-62,64,70,73,79,89,97H,8-11,16-18,20,23-24,26,31-59,88H2,1-7H3,(H,90,104)(H,91,106)(H,92,103)(H,94,108)(H,95,105)(H,96,109)(H3,87,93,111)/b81-69-/t64-,70-,73?,79+/m1/s1. The van der Waals surface area contributed by atoms with Crippen LogP contribution in [0, 0.1) is 17.8 Å². The van der Waals surface area contributed by atoms with Crippen molar-refractivity contribution in [2.45, 2.75) is 189 Å². The Hall–Kier alpha value is -9.56. The monoisotopic (exact) mass is 1700 g/mol. The maximum Gasteiger partial charge on any atom is 0.312 e. The molecule has 13 N–H and O–H groups in total. The van der Waals surface area contributed by atoms with Crippen LogP contribution < -0.4 is 64.4 Å². The van der Waals surface area contributed by atoms with Crippen LogP contribution in [0.5, 0.6) is 0 Å². The number of nitrogens with zero attached hydrogens (tertiary/aromatic N) is 4. The lowest BCUT2D eigenvalue weighted by molar-refractivity contribution is -0.148. The zero-order valence-corrected chi connectivity index (χ0v) is 71.9. The van der Waals surface area contributed by atoms with E-state index in [9.17, 15) is 47.9 Å². The van der Waals surface area contributed by atoms with Crippen LogP contribution in [0.3, 0.4) is 0 Å². The minimum absolute atomic E-state index is 0.00652. The lowest BCUT2D eigenvalue weighted by Gasteiger charge is -2.28. The molecule has 0 spiro atoms. The number of hydrogen-bond donors (Lipinski definition) is 11. The number of hydrazine groups is 1. The summed E-state index contributed by atoms with van der Waals surface area (Å²) in [6.45, 7) is 19.7. The van der Waals surface area contributed by atoms with Crippen LogP contribution in [0.15, 0.2) is 84.2 Å². The fourth-order valence-electron chi connectivity index (χ4n) is 13.2. The number of primary amides is 1. The highest BCUT2D eigenvalue weighted by atomic mass is 16.6. The minimum Gasteiger partial charge on any atom is -0.461 e. The molecule has 35 heteroatoms. The molecule has 2 heterocycles. The molecule has 0 bridgehead atoms. The van der Waals surface area contributed by atoms with Gasteiger partial charge in [-0.15, -0.1) is 5.10 Å². The van der Waals surface area contributed by atoms with E-state index >= 15 is 0 Å². The molecule has 4 atom stereocenters. The van der Waals surface area contributed by atoms with Crippen molar-refractivity contribution in [1.82, 2.24) is 57.6 Å². The molecule has 0 saturated heterocycles. The Morgan fingerprint density at radius 3 is 1.78 bits per heavy atom. The maximum absolute atomic E-state index is 14.4. The fraction of sp³-hybridized carbons (Fsp3) is 0.628. The first kappa shape index (κ1) is 100. The predicted octanol–water partition coefficient (Wildman–Crippen LogP) is 6.26. The number of allylic oxidation sites excluding steroid dienone is 1. The Kier molecular flexibility index (Phi) is 48.4. The molecule has 1 aliphatic heterocycles. The first-order chi connectivity index (χ1) is 58.6. The Morgan fingerprint density at radius 2 is 1.15 bits per heavy atom. The molecule has 1 aliphatic carbocycles. The minimum atomic E-state index is -1.13. The summed E-state index contributed by atoms with van der Waals surface area (Å²) in [4.78, 5) is 134. The zero-order chi connectivity index (χ0) is 87.4. The highest BCUT2D eigenvalue weighted by molar-refractivity contribution is 6.02. The van der Waals surface area contributed by atoms with Gasteiger partial charge in [0.25, 0.3) is 0 Å². The Labute approximate surface area is 711 Å². The van der Waals surface area contributed by atoms with Gasteiger partial charge in [-0.25, -0.2) is 9.48 Å². The Bertz CT molecular complexity index is 3830. The largest absolute Gasteiger partial charge is 0.461 e. The second-order valence-corrected chi connectivity index (χ2v) is 30.4. The molecule has 1 unspecified atom stereocenters. The summed E-state index contributed by atoms with van der Waals surface area (Å²) in [5.41, 5.74) is 15.8. The van der Waals surface area contributed by atoms with Crippen molar-refractivity contribution in [3.63, 3.8) is 0 Å². The topological polar surface area (TPSA) is 457 Å². The lowest BCUT2D eigenvalue weighted by Crippen LogP contribution is -2.53. The second-order valence-electron chi connectivity index (χ2n) is 30.4. The number of para-hydroxylation sites is 1. The smallest absolute Gasteiger partial charge is 0.312 e. The maximum atomic E-state index is 14.4. The van der Waals surface area contributed by atoms with Gasteiger partial charge in [-0.05, 0) is 107 Å². The molecule has 2 aliphatic rings. The van der Waals surface area contributed by atoms with Crippen LogP contribution in [0.1, 0.15) is 168 Å². The molecule has 35 nitrogen and oxygen atoms in total. The summed E-state index contributed by atoms with van der Waals surface area (Å²) in [6.07, 6.45) is 5.72. The van der Waals surface area contributed by atoms with Crippen LogP contribution >= 0.6 is 0 Å². The first-order valence-electron chi connectivity index (χ1n) is 42.7. The Balaban J connectivity index is 0.918. The van der Waals surface area contributed by atoms with Crippen molar-refractivity contribution in [2.75, 3.05) is 155 Å². The number of unbranched alkanes of at least 4 members (excludes halogenated alkanes) is 1. The van der Waals surface area contributed by atoms with Gasteiger partial charge in [0, 0.05) is 99.3 Å². The Morgan fingerprint density at radius 1 is 0.562 bits per heavy atom. The third-order valence-corrected chi connectivity index (χ3v) is 19.7. The number of rotatable bonds is 62. The van der Waals surface area contributed by atoms with Crippen molar-refractivity contribution in [3.05, 3.63) is 95.3 Å². The van der Waals surface area contributed by atoms with E-state index < -0.39 is 59.6 Å². The number of carbonyl (C=O) groups excluding carboxylic acids is 10. The number of nitrogens with two attached hydrogens (primary N) is 2. The molecule has 4 aromatic rings. The van der Waals surface area contributed by atoms with Crippen molar-refractivity contribution in [1.29, 1.82) is 0 Å². The molecule has 672 valence electrons. The number of ketones is 1. The SMILES string of the molecule is CCCNC(=O)CCOCCOCCOCCOCCN/C1=C(\NN)C(OCC(=O)NCCCC[C@@H](NC(=O)CCOCCOCCOCCOCCNC(=O)CCC(=O)N2Cc3ccccc3-c3c(nnn3C(C)C)-c3ccccc32)C(=O)N[C@H](C(=O)C[C@@H](CCCNC(N)=O)C(=O)Nc2ccc(COC(=O)C(C)C)cc2)C(C)C)CCCCC1. The van der Waals surface area contributed by atoms with E-state index in [-0.39, 0.29) is 166 Å². The molecule has 0 radical (unpaired) electrons. The third kappa shape index (κ3) is 38.6. The lowest BCUT2D eigenvalue weighted by atomic mass is 9.89.